The molecule has 1 aromatic heterocycles. The number of hydrogen-bond donors (Lipinski definition) is 1. The number of rotatable bonds is 2. The smallest absolute Gasteiger partial charge is 0.248 e. The molecule has 2 aliphatic carbocycles. The molecule has 2 aliphatic rings. The van der Waals surface area contributed by atoms with Crippen LogP contribution in [0, 0.1) is 0 Å². The molecule has 6 heteroatoms. The van der Waals surface area contributed by atoms with Gasteiger partial charge < -0.3 is 10.3 Å². The molecule has 0 atom stereocenters. The second-order valence-electron chi connectivity index (χ2n) is 6.30. The van der Waals surface area contributed by atoms with Gasteiger partial charge in [0, 0.05) is 18.8 Å². The molecular weight excluding hydrogens is 264 g/mol. The summed E-state index contributed by atoms with van der Waals surface area (Å²) in [6.07, 6.45) is 5.72. The number of alkyl halides is 2. The van der Waals surface area contributed by atoms with Crippen molar-refractivity contribution in [3.8, 4) is 0 Å². The standard InChI is InChI=1S/C14H21F2N3O/c15-14(16)8-4-10(5-9-14)11-18-12(19-20-11)13(17)6-2-1-3-7-13/h10H,1-9,17H2. The predicted molar refractivity (Wildman–Crippen MR) is 69.4 cm³/mol. The van der Waals surface area contributed by atoms with Crippen LogP contribution in [0.25, 0.3) is 0 Å². The first kappa shape index (κ1) is 13.9. The van der Waals surface area contributed by atoms with Crippen LogP contribution in [0.2, 0.25) is 0 Å². The van der Waals surface area contributed by atoms with Crippen LogP contribution in [0.5, 0.6) is 0 Å². The highest BCUT2D eigenvalue weighted by Crippen LogP contribution is 2.41. The van der Waals surface area contributed by atoms with Crippen molar-refractivity contribution in [2.75, 3.05) is 0 Å². The van der Waals surface area contributed by atoms with Gasteiger partial charge in [-0.05, 0) is 25.7 Å². The summed E-state index contributed by atoms with van der Waals surface area (Å²) in [5.41, 5.74) is 5.87. The lowest BCUT2D eigenvalue weighted by Gasteiger charge is -2.30. The van der Waals surface area contributed by atoms with Gasteiger partial charge in [0.15, 0.2) is 5.82 Å². The monoisotopic (exact) mass is 285 g/mol. The third kappa shape index (κ3) is 2.71. The first-order valence-corrected chi connectivity index (χ1v) is 7.49. The molecule has 0 aromatic carbocycles. The Balaban J connectivity index is 1.71. The van der Waals surface area contributed by atoms with Gasteiger partial charge in [-0.15, -0.1) is 0 Å². The summed E-state index contributed by atoms with van der Waals surface area (Å²) < 4.78 is 31.6. The minimum absolute atomic E-state index is 0.0388. The lowest BCUT2D eigenvalue weighted by molar-refractivity contribution is -0.0402. The molecular formula is C14H21F2N3O. The molecule has 0 aliphatic heterocycles. The maximum Gasteiger partial charge on any atom is 0.248 e. The van der Waals surface area contributed by atoms with E-state index in [9.17, 15) is 8.78 Å². The molecule has 0 amide bonds. The van der Waals surface area contributed by atoms with Gasteiger partial charge in [-0.2, -0.15) is 4.98 Å². The molecule has 2 saturated carbocycles. The highest BCUT2D eigenvalue weighted by molar-refractivity contribution is 5.07. The van der Waals surface area contributed by atoms with Crippen molar-refractivity contribution in [1.82, 2.24) is 10.1 Å². The minimum atomic E-state index is -2.53. The third-order valence-electron chi connectivity index (χ3n) is 4.70. The molecule has 2 fully saturated rings. The summed E-state index contributed by atoms with van der Waals surface area (Å²) in [5.74, 6) is -1.52. The molecule has 0 radical (unpaired) electrons. The SMILES string of the molecule is NC1(c2noc(C3CCC(F)(F)CC3)n2)CCCCC1. The van der Waals surface area contributed by atoms with Crippen LogP contribution in [0.1, 0.15) is 75.4 Å². The van der Waals surface area contributed by atoms with Crippen molar-refractivity contribution in [3.63, 3.8) is 0 Å². The van der Waals surface area contributed by atoms with Gasteiger partial charge in [-0.3, -0.25) is 0 Å². The lowest BCUT2D eigenvalue weighted by Crippen LogP contribution is -2.39. The van der Waals surface area contributed by atoms with E-state index >= 15 is 0 Å². The molecule has 0 saturated heterocycles. The molecule has 112 valence electrons. The molecule has 4 nitrogen and oxygen atoms in total. The van der Waals surface area contributed by atoms with Crippen LogP contribution in [0.3, 0.4) is 0 Å². The number of hydrogen-bond acceptors (Lipinski definition) is 4. The summed E-state index contributed by atoms with van der Waals surface area (Å²) in [5, 5.41) is 4.02. The van der Waals surface area contributed by atoms with Crippen LogP contribution in [0.4, 0.5) is 8.78 Å². The van der Waals surface area contributed by atoms with Gasteiger partial charge in [0.25, 0.3) is 0 Å². The molecule has 1 aromatic rings. The van der Waals surface area contributed by atoms with Crippen molar-refractivity contribution in [1.29, 1.82) is 0 Å². The summed E-state index contributed by atoms with van der Waals surface area (Å²) in [6.45, 7) is 0. The zero-order chi connectivity index (χ0) is 14.2. The first-order chi connectivity index (χ1) is 9.49. The van der Waals surface area contributed by atoms with E-state index in [-0.39, 0.29) is 18.8 Å². The van der Waals surface area contributed by atoms with Crippen molar-refractivity contribution >= 4 is 0 Å². The van der Waals surface area contributed by atoms with E-state index < -0.39 is 11.5 Å². The Kier molecular flexibility index (Phi) is 3.52. The fraction of sp³-hybridized carbons (Fsp3) is 0.857. The van der Waals surface area contributed by atoms with Crippen molar-refractivity contribution in [3.05, 3.63) is 11.7 Å². The van der Waals surface area contributed by atoms with Gasteiger partial charge >= 0.3 is 0 Å². The van der Waals surface area contributed by atoms with E-state index in [0.717, 1.165) is 25.7 Å². The Bertz CT molecular complexity index is 459. The summed E-state index contributed by atoms with van der Waals surface area (Å²) in [6, 6.07) is 0. The topological polar surface area (TPSA) is 64.9 Å². The zero-order valence-electron chi connectivity index (χ0n) is 11.6. The van der Waals surface area contributed by atoms with E-state index in [1.54, 1.807) is 0 Å². The number of nitrogens with two attached hydrogens (primary N) is 1. The van der Waals surface area contributed by atoms with E-state index in [0.29, 0.717) is 24.6 Å². The van der Waals surface area contributed by atoms with Crippen molar-refractivity contribution in [2.45, 2.75) is 75.2 Å². The minimum Gasteiger partial charge on any atom is -0.339 e. The summed E-state index contributed by atoms with van der Waals surface area (Å²) in [4.78, 5) is 4.43. The number of nitrogens with zero attached hydrogens (tertiary/aromatic N) is 2. The van der Waals surface area contributed by atoms with Crippen LogP contribution in [-0.4, -0.2) is 16.1 Å². The Morgan fingerprint density at radius 3 is 2.35 bits per heavy atom. The Labute approximate surface area is 117 Å². The van der Waals surface area contributed by atoms with Crippen LogP contribution >= 0.6 is 0 Å². The number of aromatic nitrogens is 2. The summed E-state index contributed by atoms with van der Waals surface area (Å²) >= 11 is 0. The van der Waals surface area contributed by atoms with E-state index in [1.165, 1.54) is 6.42 Å². The zero-order valence-corrected chi connectivity index (χ0v) is 11.6. The van der Waals surface area contributed by atoms with Gasteiger partial charge in [-0.25, -0.2) is 8.78 Å². The molecule has 0 unspecified atom stereocenters. The normalized spacial score (nSPS) is 26.6. The fourth-order valence-corrected chi connectivity index (χ4v) is 3.30. The molecule has 20 heavy (non-hydrogen) atoms. The second kappa shape index (κ2) is 5.06. The van der Waals surface area contributed by atoms with Crippen LogP contribution < -0.4 is 5.73 Å². The quantitative estimate of drug-likeness (QED) is 0.903. The Morgan fingerprint density at radius 1 is 1.05 bits per heavy atom. The highest BCUT2D eigenvalue weighted by Gasteiger charge is 2.39. The Hall–Kier alpha value is -1.04. The van der Waals surface area contributed by atoms with E-state index in [4.69, 9.17) is 10.3 Å². The van der Waals surface area contributed by atoms with Gasteiger partial charge in [0.2, 0.25) is 11.8 Å². The van der Waals surface area contributed by atoms with Gasteiger partial charge in [0.05, 0.1) is 5.54 Å². The third-order valence-corrected chi connectivity index (χ3v) is 4.70. The van der Waals surface area contributed by atoms with Gasteiger partial charge in [0.1, 0.15) is 0 Å². The predicted octanol–water partition coefficient (Wildman–Crippen LogP) is 3.48. The average molecular weight is 285 g/mol. The fourth-order valence-electron chi connectivity index (χ4n) is 3.30. The van der Waals surface area contributed by atoms with Crippen molar-refractivity contribution in [2.24, 2.45) is 5.73 Å². The summed E-state index contributed by atoms with van der Waals surface area (Å²) in [7, 11) is 0. The van der Waals surface area contributed by atoms with Crippen LogP contribution in [0.15, 0.2) is 4.52 Å². The molecule has 0 spiro atoms. The molecule has 0 bridgehead atoms. The molecule has 2 N–H and O–H groups in total. The largest absolute Gasteiger partial charge is 0.339 e. The van der Waals surface area contributed by atoms with Crippen LogP contribution in [-0.2, 0) is 5.54 Å². The first-order valence-electron chi connectivity index (χ1n) is 7.49. The maximum absolute atomic E-state index is 13.2. The lowest BCUT2D eigenvalue weighted by atomic mass is 9.82. The Morgan fingerprint density at radius 2 is 1.70 bits per heavy atom. The molecule has 3 rings (SSSR count). The molecule has 1 heterocycles. The highest BCUT2D eigenvalue weighted by atomic mass is 19.3. The van der Waals surface area contributed by atoms with E-state index in [1.807, 2.05) is 0 Å². The second-order valence-corrected chi connectivity index (χ2v) is 6.30. The number of halogens is 2. The van der Waals surface area contributed by atoms with Crippen molar-refractivity contribution < 1.29 is 13.3 Å². The maximum atomic E-state index is 13.2. The van der Waals surface area contributed by atoms with E-state index in [2.05, 4.69) is 10.1 Å². The average Bonchev–Trinajstić information content (AvgIpc) is 2.90. The van der Waals surface area contributed by atoms with Gasteiger partial charge in [-0.1, -0.05) is 24.4 Å².